The van der Waals surface area contributed by atoms with Gasteiger partial charge >= 0.3 is 5.97 Å². The molecular weight excluding hydrogens is 350 g/mol. The Bertz CT molecular complexity index is 941. The summed E-state index contributed by atoms with van der Waals surface area (Å²) in [5.41, 5.74) is 3.45. The highest BCUT2D eigenvalue weighted by molar-refractivity contribution is 5.98. The number of benzene rings is 2. The van der Waals surface area contributed by atoms with E-state index in [2.05, 4.69) is 5.32 Å². The fraction of sp³-hybridized carbons (Fsp3) is 0.350. The van der Waals surface area contributed by atoms with E-state index >= 15 is 0 Å². The molecule has 0 fully saturated rings. The van der Waals surface area contributed by atoms with Crippen molar-refractivity contribution in [3.05, 3.63) is 46.5 Å². The highest BCUT2D eigenvalue weighted by Gasteiger charge is 2.42. The van der Waals surface area contributed by atoms with Gasteiger partial charge in [0, 0.05) is 5.56 Å². The van der Waals surface area contributed by atoms with Crippen LogP contribution in [-0.2, 0) is 11.2 Å². The van der Waals surface area contributed by atoms with Crippen molar-refractivity contribution in [3.8, 4) is 23.0 Å². The Morgan fingerprint density at radius 1 is 1.07 bits per heavy atom. The third kappa shape index (κ3) is 2.35. The number of carbonyl (C=O) groups excluding carboxylic acids is 1. The molecule has 2 aromatic rings. The molecule has 7 heteroatoms. The predicted molar refractivity (Wildman–Crippen MR) is 94.7 cm³/mol. The van der Waals surface area contributed by atoms with Crippen LogP contribution in [0.5, 0.6) is 23.0 Å². The number of methoxy groups -OCH3 is 2. The van der Waals surface area contributed by atoms with Crippen molar-refractivity contribution < 1.29 is 28.5 Å². The number of rotatable bonds is 3. The average Bonchev–Trinajstić information content (AvgIpc) is 3.28. The summed E-state index contributed by atoms with van der Waals surface area (Å²) in [6.07, 6.45) is 0.425. The lowest BCUT2D eigenvalue weighted by Crippen LogP contribution is -2.34. The maximum atomic E-state index is 12.6. The molecule has 0 saturated heterocycles. The highest BCUT2D eigenvalue weighted by atomic mass is 16.7. The van der Waals surface area contributed by atoms with Crippen LogP contribution >= 0.6 is 0 Å². The number of ether oxygens (including phenoxy) is 5. The Hall–Kier alpha value is -2.93. The maximum absolute atomic E-state index is 12.6. The normalized spacial score (nSPS) is 22.1. The molecule has 0 unspecified atom stereocenters. The van der Waals surface area contributed by atoms with Gasteiger partial charge < -0.3 is 29.0 Å². The summed E-state index contributed by atoms with van der Waals surface area (Å²) in [7, 11) is 3.07. The van der Waals surface area contributed by atoms with Crippen LogP contribution in [0.3, 0.4) is 0 Å². The molecule has 5 rings (SSSR count). The summed E-state index contributed by atoms with van der Waals surface area (Å²) in [6.45, 7) is 1.02. The summed E-state index contributed by atoms with van der Waals surface area (Å²) in [5.74, 6) is 2.00. The lowest BCUT2D eigenvalue weighted by atomic mass is 9.87. The van der Waals surface area contributed by atoms with E-state index in [1.165, 1.54) is 12.7 Å². The van der Waals surface area contributed by atoms with Gasteiger partial charge in [0.25, 0.3) is 0 Å². The zero-order valence-corrected chi connectivity index (χ0v) is 15.0. The third-order valence-electron chi connectivity index (χ3n) is 5.35. The second-order valence-electron chi connectivity index (χ2n) is 6.68. The van der Waals surface area contributed by atoms with Crippen LogP contribution < -0.4 is 24.3 Å². The number of cyclic esters (lactones) is 1. The molecule has 7 nitrogen and oxygen atoms in total. The first-order valence-electron chi connectivity index (χ1n) is 8.83. The molecular formula is C20H19NO6. The summed E-state index contributed by atoms with van der Waals surface area (Å²) in [4.78, 5) is 12.6. The second kappa shape index (κ2) is 6.06. The van der Waals surface area contributed by atoms with Crippen LogP contribution in [0.1, 0.15) is 39.2 Å². The number of nitrogens with one attached hydrogen (secondary N) is 1. The first kappa shape index (κ1) is 16.3. The topological polar surface area (TPSA) is 75.3 Å². The molecule has 27 heavy (non-hydrogen) atoms. The van der Waals surface area contributed by atoms with Crippen molar-refractivity contribution in [2.45, 2.75) is 18.6 Å². The average molecular weight is 369 g/mol. The lowest BCUT2D eigenvalue weighted by molar-refractivity contribution is 0.0284. The molecule has 0 bridgehead atoms. The number of hydrogen-bond donors (Lipinski definition) is 1. The Morgan fingerprint density at radius 3 is 2.67 bits per heavy atom. The molecule has 2 atom stereocenters. The smallest absolute Gasteiger partial charge is 0.343 e. The maximum Gasteiger partial charge on any atom is 0.343 e. The monoisotopic (exact) mass is 369 g/mol. The minimum atomic E-state index is -0.452. The summed E-state index contributed by atoms with van der Waals surface area (Å²) >= 11 is 0. The number of fused-ring (bicyclic) bond motifs is 3. The SMILES string of the molecule is COc1ccc2c(c1OC)C(=O)O[C@H]2[C@H]1NCCc2cc3c(cc21)OCO3. The van der Waals surface area contributed by atoms with Crippen LogP contribution in [-0.4, -0.2) is 33.5 Å². The van der Waals surface area contributed by atoms with Gasteiger partial charge in [-0.25, -0.2) is 4.79 Å². The van der Waals surface area contributed by atoms with E-state index in [1.807, 2.05) is 18.2 Å². The van der Waals surface area contributed by atoms with Crippen molar-refractivity contribution >= 4 is 5.97 Å². The standard InChI is InChI=1S/C20H19NO6/c1-23-13-4-3-11-16(19(13)24-2)20(22)27-18(11)17-12-8-15-14(25-9-26-15)7-10(12)5-6-21-17/h3-4,7-8,17-18,21H,5-6,9H2,1-2H3/t17-,18+/m0/s1. The summed E-state index contributed by atoms with van der Waals surface area (Å²) in [6, 6.07) is 7.51. The second-order valence-corrected chi connectivity index (χ2v) is 6.68. The number of hydrogen-bond acceptors (Lipinski definition) is 7. The van der Waals surface area contributed by atoms with Gasteiger partial charge in [0.1, 0.15) is 11.7 Å². The van der Waals surface area contributed by atoms with Crippen molar-refractivity contribution in [1.82, 2.24) is 5.32 Å². The van der Waals surface area contributed by atoms with E-state index in [-0.39, 0.29) is 12.8 Å². The van der Waals surface area contributed by atoms with E-state index in [0.717, 1.165) is 35.6 Å². The third-order valence-corrected chi connectivity index (χ3v) is 5.35. The molecule has 3 aliphatic rings. The largest absolute Gasteiger partial charge is 0.493 e. The first-order chi connectivity index (χ1) is 13.2. The quantitative estimate of drug-likeness (QED) is 0.833. The van der Waals surface area contributed by atoms with Gasteiger partial charge in [0.15, 0.2) is 23.0 Å². The van der Waals surface area contributed by atoms with Crippen LogP contribution in [0.15, 0.2) is 24.3 Å². The van der Waals surface area contributed by atoms with Gasteiger partial charge in [-0.15, -0.1) is 0 Å². The van der Waals surface area contributed by atoms with E-state index in [1.54, 1.807) is 13.2 Å². The van der Waals surface area contributed by atoms with Gasteiger partial charge in [-0.05, 0) is 42.3 Å². The lowest BCUT2D eigenvalue weighted by Gasteiger charge is -2.31. The Balaban J connectivity index is 1.60. The molecule has 3 aliphatic heterocycles. The van der Waals surface area contributed by atoms with Gasteiger partial charge in [-0.1, -0.05) is 6.07 Å². The van der Waals surface area contributed by atoms with Crippen molar-refractivity contribution in [2.24, 2.45) is 0 Å². The molecule has 0 aliphatic carbocycles. The fourth-order valence-corrected chi connectivity index (χ4v) is 4.12. The minimum absolute atomic E-state index is 0.174. The summed E-state index contributed by atoms with van der Waals surface area (Å²) < 4.78 is 27.6. The van der Waals surface area contributed by atoms with Crippen LogP contribution in [0.4, 0.5) is 0 Å². The van der Waals surface area contributed by atoms with E-state index < -0.39 is 12.1 Å². The molecule has 2 aromatic carbocycles. The number of esters is 1. The van der Waals surface area contributed by atoms with E-state index in [0.29, 0.717) is 17.1 Å². The molecule has 0 aromatic heterocycles. The molecule has 0 amide bonds. The molecule has 1 N–H and O–H groups in total. The zero-order valence-electron chi connectivity index (χ0n) is 15.0. The summed E-state index contributed by atoms with van der Waals surface area (Å²) in [5, 5.41) is 3.49. The highest BCUT2D eigenvalue weighted by Crippen LogP contribution is 2.48. The van der Waals surface area contributed by atoms with Crippen LogP contribution in [0.25, 0.3) is 0 Å². The van der Waals surface area contributed by atoms with Crippen molar-refractivity contribution in [3.63, 3.8) is 0 Å². The van der Waals surface area contributed by atoms with Gasteiger partial charge in [0.2, 0.25) is 6.79 Å². The predicted octanol–water partition coefficient (Wildman–Crippen LogP) is 2.53. The fourth-order valence-electron chi connectivity index (χ4n) is 4.12. The van der Waals surface area contributed by atoms with Gasteiger partial charge in [0.05, 0.1) is 20.3 Å². The van der Waals surface area contributed by atoms with E-state index in [9.17, 15) is 4.79 Å². The Labute approximate surface area is 156 Å². The molecule has 0 saturated carbocycles. The number of carbonyl (C=O) groups is 1. The van der Waals surface area contributed by atoms with E-state index in [4.69, 9.17) is 23.7 Å². The first-order valence-corrected chi connectivity index (χ1v) is 8.83. The Morgan fingerprint density at radius 2 is 1.89 bits per heavy atom. The van der Waals surface area contributed by atoms with Gasteiger partial charge in [-0.2, -0.15) is 0 Å². The van der Waals surface area contributed by atoms with Crippen LogP contribution in [0.2, 0.25) is 0 Å². The zero-order chi connectivity index (χ0) is 18.5. The molecule has 140 valence electrons. The molecule has 3 heterocycles. The minimum Gasteiger partial charge on any atom is -0.493 e. The molecule has 0 radical (unpaired) electrons. The van der Waals surface area contributed by atoms with Crippen LogP contribution in [0, 0.1) is 0 Å². The Kier molecular flexibility index (Phi) is 3.65. The molecule has 0 spiro atoms. The van der Waals surface area contributed by atoms with Crippen molar-refractivity contribution in [2.75, 3.05) is 27.6 Å². The van der Waals surface area contributed by atoms with Crippen molar-refractivity contribution in [1.29, 1.82) is 0 Å². The van der Waals surface area contributed by atoms with Gasteiger partial charge in [-0.3, -0.25) is 0 Å².